The smallest absolute Gasteiger partial charge is 0.118 e. The number of nitrogens with zero attached hydrogens (tertiary/aromatic N) is 1. The monoisotopic (exact) mass is 358 g/mol. The number of hydrogen-bond donors (Lipinski definition) is 2. The summed E-state index contributed by atoms with van der Waals surface area (Å²) < 4.78 is 5.27. The van der Waals surface area contributed by atoms with Crippen molar-refractivity contribution in [2.24, 2.45) is 0 Å². The van der Waals surface area contributed by atoms with E-state index in [1.165, 1.54) is 10.9 Å². The van der Waals surface area contributed by atoms with Gasteiger partial charge in [0.15, 0.2) is 0 Å². The first kappa shape index (κ1) is 16.3. The number of rotatable bonds is 3. The van der Waals surface area contributed by atoms with E-state index < -0.39 is 6.10 Å². The molecule has 0 saturated heterocycles. The summed E-state index contributed by atoms with van der Waals surface area (Å²) in [6.45, 7) is 0. The van der Waals surface area contributed by atoms with Gasteiger partial charge in [-0.25, -0.2) is 0 Å². The lowest BCUT2D eigenvalue weighted by Crippen LogP contribution is -2.13. The lowest BCUT2D eigenvalue weighted by Gasteiger charge is -2.23. The molecule has 1 atom stereocenters. The van der Waals surface area contributed by atoms with Crippen molar-refractivity contribution in [2.75, 3.05) is 7.11 Å². The Morgan fingerprint density at radius 2 is 1.96 bits per heavy atom. The largest absolute Gasteiger partial charge is 0.497 e. The Morgan fingerprint density at radius 1 is 1.15 bits per heavy atom. The van der Waals surface area contributed by atoms with E-state index >= 15 is 0 Å². The van der Waals surface area contributed by atoms with Crippen LogP contribution in [0.5, 0.6) is 5.75 Å². The average Bonchev–Trinajstić information content (AvgIpc) is 3.09. The Morgan fingerprint density at radius 3 is 2.78 bits per heavy atom. The summed E-state index contributed by atoms with van der Waals surface area (Å²) in [6.07, 6.45) is 3.03. The molecule has 27 heavy (non-hydrogen) atoms. The maximum Gasteiger partial charge on any atom is 0.118 e. The molecule has 0 aliphatic heterocycles. The van der Waals surface area contributed by atoms with Crippen LogP contribution in [0.25, 0.3) is 21.8 Å². The van der Waals surface area contributed by atoms with Gasteiger partial charge in [0, 0.05) is 34.0 Å². The van der Waals surface area contributed by atoms with Crippen LogP contribution in [-0.4, -0.2) is 22.2 Å². The van der Waals surface area contributed by atoms with Crippen molar-refractivity contribution in [1.29, 1.82) is 0 Å². The lowest BCUT2D eigenvalue weighted by molar-refractivity contribution is 0.157. The first-order chi connectivity index (χ1) is 13.2. The second-order valence-electron chi connectivity index (χ2n) is 7.27. The van der Waals surface area contributed by atoms with Crippen LogP contribution < -0.4 is 4.74 Å². The van der Waals surface area contributed by atoms with Crippen LogP contribution in [0.4, 0.5) is 0 Å². The molecule has 4 nitrogen and oxygen atoms in total. The summed E-state index contributed by atoms with van der Waals surface area (Å²) in [5, 5.41) is 13.0. The third-order valence-corrected chi connectivity index (χ3v) is 5.60. The lowest BCUT2D eigenvalue weighted by atomic mass is 9.89. The Balaban J connectivity index is 1.73. The molecule has 1 aliphatic carbocycles. The Bertz CT molecular complexity index is 1130. The minimum absolute atomic E-state index is 0.432. The van der Waals surface area contributed by atoms with Crippen LogP contribution in [0.3, 0.4) is 0 Å². The normalized spacial score (nSPS) is 16.6. The molecule has 5 rings (SSSR count). The van der Waals surface area contributed by atoms with Gasteiger partial charge in [-0.15, -0.1) is 0 Å². The Labute approximate surface area is 157 Å². The predicted octanol–water partition coefficient (Wildman–Crippen LogP) is 4.69. The fraction of sp³-hybridized carbons (Fsp3) is 0.261. The molecule has 0 bridgehead atoms. The van der Waals surface area contributed by atoms with E-state index in [1.54, 1.807) is 7.11 Å². The van der Waals surface area contributed by atoms with Gasteiger partial charge in [-0.2, -0.15) is 0 Å². The first-order valence-corrected chi connectivity index (χ1v) is 9.47. The van der Waals surface area contributed by atoms with E-state index in [4.69, 9.17) is 9.72 Å². The van der Waals surface area contributed by atoms with Crippen molar-refractivity contribution < 1.29 is 9.84 Å². The summed E-state index contributed by atoms with van der Waals surface area (Å²) in [6, 6.07) is 16.5. The van der Waals surface area contributed by atoms with E-state index in [1.807, 2.05) is 18.2 Å². The third kappa shape index (κ3) is 2.68. The topological polar surface area (TPSA) is 58.1 Å². The summed E-state index contributed by atoms with van der Waals surface area (Å²) >= 11 is 0. The molecule has 1 aliphatic rings. The van der Waals surface area contributed by atoms with Crippen LogP contribution in [0.1, 0.15) is 41.5 Å². The Kier molecular flexibility index (Phi) is 3.87. The zero-order valence-corrected chi connectivity index (χ0v) is 15.3. The molecule has 2 aromatic carbocycles. The number of benzene rings is 2. The van der Waals surface area contributed by atoms with Crippen molar-refractivity contribution in [3.05, 3.63) is 71.0 Å². The highest BCUT2D eigenvalue weighted by molar-refractivity contribution is 6.10. The molecule has 0 saturated carbocycles. The van der Waals surface area contributed by atoms with Crippen LogP contribution in [-0.2, 0) is 12.8 Å². The summed E-state index contributed by atoms with van der Waals surface area (Å²) in [5.41, 5.74) is 6.45. The van der Waals surface area contributed by atoms with Gasteiger partial charge in [-0.05, 0) is 43.0 Å². The van der Waals surface area contributed by atoms with Crippen LogP contribution in [0.2, 0.25) is 0 Å². The van der Waals surface area contributed by atoms with Crippen LogP contribution in [0, 0.1) is 0 Å². The van der Waals surface area contributed by atoms with Crippen molar-refractivity contribution in [3.63, 3.8) is 0 Å². The number of methoxy groups -OCH3 is 1. The van der Waals surface area contributed by atoms with Gasteiger partial charge >= 0.3 is 0 Å². The molecule has 2 N–H and O–H groups in total. The number of nitrogens with one attached hydrogen (secondary N) is 1. The van der Waals surface area contributed by atoms with Gasteiger partial charge in [0.2, 0.25) is 0 Å². The number of pyridine rings is 1. The zero-order chi connectivity index (χ0) is 18.4. The molecule has 0 fully saturated rings. The second-order valence-corrected chi connectivity index (χ2v) is 7.27. The summed E-state index contributed by atoms with van der Waals surface area (Å²) in [4.78, 5) is 8.56. The number of aryl methyl sites for hydroxylation is 1. The zero-order valence-electron chi connectivity index (χ0n) is 15.3. The number of fused-ring (bicyclic) bond motifs is 5. The Hall–Kier alpha value is -2.85. The number of aromatic nitrogens is 2. The number of ether oxygens (including phenoxy) is 1. The van der Waals surface area contributed by atoms with Gasteiger partial charge in [-0.3, -0.25) is 4.98 Å². The maximum atomic E-state index is 10.7. The van der Waals surface area contributed by atoms with Gasteiger partial charge in [0.25, 0.3) is 0 Å². The van der Waals surface area contributed by atoms with Gasteiger partial charge in [-0.1, -0.05) is 30.3 Å². The maximum absolute atomic E-state index is 10.7. The number of H-pyrrole nitrogens is 1. The molecular formula is C23H22N2O2. The van der Waals surface area contributed by atoms with Crippen molar-refractivity contribution in [3.8, 4) is 5.75 Å². The van der Waals surface area contributed by atoms with Crippen molar-refractivity contribution in [1.82, 2.24) is 9.97 Å². The van der Waals surface area contributed by atoms with Gasteiger partial charge in [0.1, 0.15) is 5.75 Å². The highest BCUT2D eigenvalue weighted by Gasteiger charge is 2.26. The standard InChI is InChI=1S/C23H22N2O2/c1-27-15-11-9-14(10-12-15)13-19-23-21(16-5-2-3-6-17(16)25-23)22-18(24-19)7-4-8-20(22)26/h2-3,5-6,9-12,20,25-26H,4,7-8,13H2,1H3. The highest BCUT2D eigenvalue weighted by Crippen LogP contribution is 2.39. The van der Waals surface area contributed by atoms with E-state index in [0.717, 1.165) is 64.8 Å². The van der Waals surface area contributed by atoms with E-state index in [9.17, 15) is 5.11 Å². The van der Waals surface area contributed by atoms with Crippen LogP contribution in [0.15, 0.2) is 48.5 Å². The van der Waals surface area contributed by atoms with Crippen LogP contribution >= 0.6 is 0 Å². The SMILES string of the molecule is COc1ccc(Cc2nc3c(c4c2[nH]c2ccccc24)C(O)CCC3)cc1. The number of aliphatic hydroxyl groups excluding tert-OH is 1. The minimum Gasteiger partial charge on any atom is -0.497 e. The number of aromatic amines is 1. The first-order valence-electron chi connectivity index (χ1n) is 9.47. The van der Waals surface area contributed by atoms with Crippen molar-refractivity contribution in [2.45, 2.75) is 31.8 Å². The fourth-order valence-electron chi connectivity index (χ4n) is 4.28. The molecule has 0 spiro atoms. The van der Waals surface area contributed by atoms with E-state index in [-0.39, 0.29) is 0 Å². The molecule has 2 aromatic heterocycles. The highest BCUT2D eigenvalue weighted by atomic mass is 16.5. The number of para-hydroxylation sites is 1. The summed E-state index contributed by atoms with van der Waals surface area (Å²) in [5.74, 6) is 0.857. The average molecular weight is 358 g/mol. The molecule has 2 heterocycles. The molecule has 0 amide bonds. The van der Waals surface area contributed by atoms with Gasteiger partial charge in [0.05, 0.1) is 24.4 Å². The quantitative estimate of drug-likeness (QED) is 0.559. The molecular weight excluding hydrogens is 336 g/mol. The van der Waals surface area contributed by atoms with E-state index in [0.29, 0.717) is 0 Å². The number of aliphatic hydroxyl groups is 1. The second kappa shape index (κ2) is 6.39. The molecule has 4 heteroatoms. The third-order valence-electron chi connectivity index (χ3n) is 5.60. The van der Waals surface area contributed by atoms with E-state index in [2.05, 4.69) is 35.3 Å². The molecule has 136 valence electrons. The molecule has 1 unspecified atom stereocenters. The predicted molar refractivity (Wildman–Crippen MR) is 107 cm³/mol. The number of hydrogen-bond acceptors (Lipinski definition) is 3. The summed E-state index contributed by atoms with van der Waals surface area (Å²) in [7, 11) is 1.68. The molecule has 0 radical (unpaired) electrons. The fourth-order valence-corrected chi connectivity index (χ4v) is 4.28. The van der Waals surface area contributed by atoms with Gasteiger partial charge < -0.3 is 14.8 Å². The molecule has 4 aromatic rings. The van der Waals surface area contributed by atoms with Crippen molar-refractivity contribution >= 4 is 21.8 Å². The minimum atomic E-state index is -0.432.